The smallest absolute Gasteiger partial charge is 0.316 e. The first-order valence-corrected chi connectivity index (χ1v) is 9.75. The SMILES string of the molecule is COC(=O)CSC(CCSc1ccccc1)=[N+]1CCCCC1.[Br-]. The van der Waals surface area contributed by atoms with E-state index in [1.165, 1.54) is 36.3 Å². The molecule has 0 N–H and O–H groups in total. The van der Waals surface area contributed by atoms with Gasteiger partial charge in [-0.15, -0.1) is 11.8 Å². The van der Waals surface area contributed by atoms with Crippen LogP contribution in [-0.4, -0.2) is 47.3 Å². The van der Waals surface area contributed by atoms with Crippen LogP contribution in [0.4, 0.5) is 0 Å². The highest BCUT2D eigenvalue weighted by Crippen LogP contribution is 2.21. The molecule has 0 spiro atoms. The molecule has 128 valence electrons. The van der Waals surface area contributed by atoms with Crippen molar-refractivity contribution < 1.29 is 31.1 Å². The zero-order chi connectivity index (χ0) is 15.6. The van der Waals surface area contributed by atoms with Gasteiger partial charge in [0, 0.05) is 29.9 Å². The minimum Gasteiger partial charge on any atom is -1.00 e. The van der Waals surface area contributed by atoms with E-state index in [2.05, 4.69) is 28.8 Å². The van der Waals surface area contributed by atoms with Gasteiger partial charge in [-0.2, -0.15) is 0 Å². The van der Waals surface area contributed by atoms with Crippen LogP contribution in [0.3, 0.4) is 0 Å². The summed E-state index contributed by atoms with van der Waals surface area (Å²) < 4.78 is 7.23. The molecule has 1 aliphatic rings. The first-order valence-electron chi connectivity index (χ1n) is 7.78. The molecule has 0 bridgehead atoms. The molecular weight excluding hydrogens is 394 g/mol. The largest absolute Gasteiger partial charge is 1.00 e. The minimum atomic E-state index is -0.143. The molecule has 1 aliphatic heterocycles. The van der Waals surface area contributed by atoms with E-state index in [1.54, 1.807) is 11.8 Å². The van der Waals surface area contributed by atoms with Gasteiger partial charge in [0.1, 0.15) is 18.8 Å². The van der Waals surface area contributed by atoms with Gasteiger partial charge >= 0.3 is 5.97 Å². The molecule has 0 amide bonds. The number of carbonyl (C=O) groups excluding carboxylic acids is 1. The van der Waals surface area contributed by atoms with Gasteiger partial charge < -0.3 is 21.7 Å². The van der Waals surface area contributed by atoms with Crippen LogP contribution in [0.1, 0.15) is 25.7 Å². The molecule has 6 heteroatoms. The van der Waals surface area contributed by atoms with Crippen molar-refractivity contribution in [3.8, 4) is 0 Å². The zero-order valence-corrected chi connectivity index (χ0v) is 16.7. The number of thioether (sulfide) groups is 2. The number of methoxy groups -OCH3 is 1. The quantitative estimate of drug-likeness (QED) is 0.294. The van der Waals surface area contributed by atoms with E-state index in [1.807, 2.05) is 17.8 Å². The number of nitrogens with zero attached hydrogens (tertiary/aromatic N) is 1. The van der Waals surface area contributed by atoms with E-state index in [0.717, 1.165) is 25.3 Å². The van der Waals surface area contributed by atoms with Crippen LogP contribution >= 0.6 is 23.5 Å². The normalized spacial score (nSPS) is 14.0. The zero-order valence-electron chi connectivity index (χ0n) is 13.5. The Morgan fingerprint density at radius 1 is 1.17 bits per heavy atom. The van der Waals surface area contributed by atoms with Gasteiger partial charge in [-0.25, -0.2) is 4.58 Å². The Hall–Kier alpha value is -0.460. The first-order chi connectivity index (χ1) is 10.8. The molecule has 3 nitrogen and oxygen atoms in total. The number of piperidine rings is 1. The molecule has 0 atom stereocenters. The van der Waals surface area contributed by atoms with Crippen LogP contribution < -0.4 is 17.0 Å². The summed E-state index contributed by atoms with van der Waals surface area (Å²) in [6, 6.07) is 10.5. The fourth-order valence-corrected chi connectivity index (χ4v) is 4.46. The maximum Gasteiger partial charge on any atom is 0.316 e. The van der Waals surface area contributed by atoms with Crippen molar-refractivity contribution >= 4 is 34.5 Å². The van der Waals surface area contributed by atoms with Gasteiger partial charge in [0.05, 0.1) is 7.11 Å². The number of ether oxygens (including phenoxy) is 1. The lowest BCUT2D eigenvalue weighted by molar-refractivity contribution is -0.535. The highest BCUT2D eigenvalue weighted by Gasteiger charge is 2.20. The number of rotatable bonds is 6. The molecule has 1 aromatic carbocycles. The Morgan fingerprint density at radius 3 is 2.52 bits per heavy atom. The lowest BCUT2D eigenvalue weighted by Gasteiger charge is -2.14. The number of hydrogen-bond acceptors (Lipinski definition) is 4. The number of hydrogen-bond donors (Lipinski definition) is 0. The summed E-state index contributed by atoms with van der Waals surface area (Å²) in [5.74, 6) is 1.32. The van der Waals surface area contributed by atoms with Gasteiger partial charge in [0.2, 0.25) is 5.04 Å². The molecule has 0 radical (unpaired) electrons. The molecule has 1 fully saturated rings. The van der Waals surface area contributed by atoms with Crippen molar-refractivity contribution in [1.29, 1.82) is 0 Å². The van der Waals surface area contributed by atoms with E-state index >= 15 is 0 Å². The predicted octanol–water partition coefficient (Wildman–Crippen LogP) is 0.674. The lowest BCUT2D eigenvalue weighted by atomic mass is 10.2. The molecule has 0 aromatic heterocycles. The van der Waals surface area contributed by atoms with E-state index in [-0.39, 0.29) is 23.0 Å². The molecule has 1 saturated heterocycles. The maximum absolute atomic E-state index is 11.4. The second-order valence-corrected chi connectivity index (χ2v) is 7.43. The molecule has 1 heterocycles. The van der Waals surface area contributed by atoms with Gasteiger partial charge in [-0.1, -0.05) is 30.0 Å². The topological polar surface area (TPSA) is 29.3 Å². The summed E-state index contributed by atoms with van der Waals surface area (Å²) in [6.45, 7) is 2.25. The molecule has 0 saturated carbocycles. The van der Waals surface area contributed by atoms with E-state index in [0.29, 0.717) is 5.75 Å². The van der Waals surface area contributed by atoms with Gasteiger partial charge in [0.15, 0.2) is 0 Å². The van der Waals surface area contributed by atoms with Crippen LogP contribution in [0.15, 0.2) is 35.2 Å². The Bertz CT molecular complexity index is 501. The number of benzene rings is 1. The summed E-state index contributed by atoms with van der Waals surface area (Å²) in [7, 11) is 1.45. The highest BCUT2D eigenvalue weighted by atomic mass is 79.9. The monoisotopic (exact) mass is 417 g/mol. The molecule has 0 aliphatic carbocycles. The molecular formula is C17H24BrNO2S2. The summed E-state index contributed by atoms with van der Waals surface area (Å²) >= 11 is 3.53. The Morgan fingerprint density at radius 2 is 1.87 bits per heavy atom. The molecule has 23 heavy (non-hydrogen) atoms. The average molecular weight is 418 g/mol. The van der Waals surface area contributed by atoms with Gasteiger partial charge in [-0.3, -0.25) is 4.79 Å². The van der Waals surface area contributed by atoms with Gasteiger partial charge in [0.25, 0.3) is 0 Å². The third kappa shape index (κ3) is 7.77. The highest BCUT2D eigenvalue weighted by molar-refractivity contribution is 8.14. The Balaban J connectivity index is 0.00000264. The summed E-state index contributed by atoms with van der Waals surface area (Å²) in [5, 5.41) is 1.34. The minimum absolute atomic E-state index is 0. The average Bonchev–Trinajstić information content (AvgIpc) is 2.59. The second-order valence-electron chi connectivity index (χ2n) is 5.22. The van der Waals surface area contributed by atoms with Crippen molar-refractivity contribution in [2.45, 2.75) is 30.6 Å². The van der Waals surface area contributed by atoms with E-state index in [9.17, 15) is 4.79 Å². The van der Waals surface area contributed by atoms with Crippen molar-refractivity contribution in [1.82, 2.24) is 0 Å². The van der Waals surface area contributed by atoms with Crippen LogP contribution in [-0.2, 0) is 9.53 Å². The Labute approximate surface area is 158 Å². The second kappa shape index (κ2) is 12.0. The standard InChI is InChI=1S/C17H24NO2S2.BrH/c1-20-17(19)14-22-16(18-11-6-3-7-12-18)10-13-21-15-8-4-2-5-9-15;/h2,4-5,8-9H,3,6-7,10-14H2,1H3;1H/q+1;/p-1. The Kier molecular flexibility index (Phi) is 10.7. The van der Waals surface area contributed by atoms with Crippen molar-refractivity contribution in [2.24, 2.45) is 0 Å². The van der Waals surface area contributed by atoms with E-state index < -0.39 is 0 Å². The number of esters is 1. The van der Waals surface area contributed by atoms with Crippen LogP contribution in [0, 0.1) is 0 Å². The third-order valence-electron chi connectivity index (χ3n) is 3.62. The summed E-state index contributed by atoms with van der Waals surface area (Å²) in [4.78, 5) is 12.7. The maximum atomic E-state index is 11.4. The van der Waals surface area contributed by atoms with Crippen LogP contribution in [0.5, 0.6) is 0 Å². The lowest BCUT2D eigenvalue weighted by Crippen LogP contribution is -3.00. The third-order valence-corrected chi connectivity index (χ3v) is 5.81. The van der Waals surface area contributed by atoms with Crippen LogP contribution in [0.2, 0.25) is 0 Å². The fourth-order valence-electron chi connectivity index (χ4n) is 2.44. The van der Waals surface area contributed by atoms with Crippen molar-refractivity contribution in [2.75, 3.05) is 31.7 Å². The summed E-state index contributed by atoms with van der Waals surface area (Å²) in [6.07, 6.45) is 4.85. The van der Waals surface area contributed by atoms with E-state index in [4.69, 9.17) is 4.74 Å². The molecule has 2 rings (SSSR count). The number of carbonyl (C=O) groups is 1. The van der Waals surface area contributed by atoms with Gasteiger partial charge in [-0.05, 0) is 18.6 Å². The summed E-state index contributed by atoms with van der Waals surface area (Å²) in [5.41, 5.74) is 0. The molecule has 0 unspecified atom stereocenters. The van der Waals surface area contributed by atoms with Crippen LogP contribution in [0.25, 0.3) is 0 Å². The van der Waals surface area contributed by atoms with Crippen molar-refractivity contribution in [3.05, 3.63) is 30.3 Å². The predicted molar refractivity (Wildman–Crippen MR) is 95.1 cm³/mol. The molecule has 1 aromatic rings. The van der Waals surface area contributed by atoms with Crippen molar-refractivity contribution in [3.63, 3.8) is 0 Å². The fraction of sp³-hybridized carbons (Fsp3) is 0.529. The number of halogens is 1. The first kappa shape index (κ1) is 20.6.